The lowest BCUT2D eigenvalue weighted by Crippen LogP contribution is -2.09. The smallest absolute Gasteiger partial charge is 0.147 e. The zero-order chi connectivity index (χ0) is 30.3. The van der Waals surface area contributed by atoms with Crippen LogP contribution >= 0.6 is 0 Å². The molecule has 0 aromatic carbocycles. The van der Waals surface area contributed by atoms with E-state index in [0.717, 1.165) is 38.4 Å². The van der Waals surface area contributed by atoms with E-state index < -0.39 is 9.84 Å². The molecule has 0 heterocycles. The Kier molecular flexibility index (Phi) is 45.0. The molecule has 0 saturated heterocycles. The van der Waals surface area contributed by atoms with Gasteiger partial charge in [-0.3, -0.25) is 0 Å². The first-order valence-electron chi connectivity index (χ1n) is 14.2. The third-order valence-corrected chi connectivity index (χ3v) is 4.21. The standard InChI is InChI=1S/C7H16O3S.C6H14O2.2C6H14O.C4H10/c1-7(2)10-5-4-6-11(3,8)9;1-6(2)8-5-3-4-7;2*1-4-5-7-6(2)3;1-4(2)3/h7H,4-6H2,1-3H3;6-7H,3-5H2,1-2H3;2*6H,4-5H2,1-3H3;4H,1-3H3. The zero-order valence-corrected chi connectivity index (χ0v) is 28.1. The van der Waals surface area contributed by atoms with Gasteiger partial charge in [-0.2, -0.15) is 0 Å². The summed E-state index contributed by atoms with van der Waals surface area (Å²) < 4.78 is 41.9. The van der Waals surface area contributed by atoms with Crippen LogP contribution in [0.2, 0.25) is 0 Å². The van der Waals surface area contributed by atoms with E-state index in [1.54, 1.807) is 0 Å². The Balaban J connectivity index is -0.000000119. The topological polar surface area (TPSA) is 91.3 Å². The zero-order valence-electron chi connectivity index (χ0n) is 27.3. The molecule has 0 unspecified atom stereocenters. The van der Waals surface area contributed by atoms with Gasteiger partial charge in [-0.15, -0.1) is 0 Å². The van der Waals surface area contributed by atoms with Crippen LogP contribution in [-0.4, -0.2) is 83.0 Å². The number of aliphatic hydroxyl groups is 1. The molecule has 8 heteroatoms. The van der Waals surface area contributed by atoms with Crippen LogP contribution in [0.5, 0.6) is 0 Å². The Morgan fingerprint density at radius 2 is 0.838 bits per heavy atom. The summed E-state index contributed by atoms with van der Waals surface area (Å²) in [6.07, 6.45) is 6.12. The fourth-order valence-corrected chi connectivity index (χ4v) is 2.37. The van der Waals surface area contributed by atoms with Gasteiger partial charge in [0, 0.05) is 39.3 Å². The summed E-state index contributed by atoms with van der Waals surface area (Å²) in [7, 11) is -2.80. The fraction of sp³-hybridized carbons (Fsp3) is 1.00. The van der Waals surface area contributed by atoms with Crippen molar-refractivity contribution in [1.82, 2.24) is 0 Å². The molecule has 0 fully saturated rings. The normalized spacial score (nSPS) is 10.8. The largest absolute Gasteiger partial charge is 0.396 e. The number of ether oxygens (including phenoxy) is 4. The second-order valence-electron chi connectivity index (χ2n) is 10.5. The molecule has 0 saturated carbocycles. The van der Waals surface area contributed by atoms with Crippen LogP contribution in [0.1, 0.15) is 116 Å². The highest BCUT2D eigenvalue weighted by atomic mass is 32.2. The van der Waals surface area contributed by atoms with Crippen molar-refractivity contribution in [2.75, 3.05) is 45.0 Å². The van der Waals surface area contributed by atoms with Crippen LogP contribution in [-0.2, 0) is 28.8 Å². The molecule has 0 aliphatic rings. The minimum atomic E-state index is -2.80. The summed E-state index contributed by atoms with van der Waals surface area (Å²) in [5.74, 6) is 1.06. The highest BCUT2D eigenvalue weighted by molar-refractivity contribution is 7.90. The van der Waals surface area contributed by atoms with Gasteiger partial charge in [0.2, 0.25) is 0 Å². The number of sulfone groups is 1. The summed E-state index contributed by atoms with van der Waals surface area (Å²) in [6.45, 7) is 30.0. The van der Waals surface area contributed by atoms with Gasteiger partial charge in [0.05, 0.1) is 30.2 Å². The molecule has 0 radical (unpaired) electrons. The number of rotatable bonds is 15. The second-order valence-corrected chi connectivity index (χ2v) is 12.7. The minimum absolute atomic E-state index is 0.189. The Hall–Kier alpha value is -0.250. The van der Waals surface area contributed by atoms with Crippen molar-refractivity contribution >= 4 is 9.84 Å². The van der Waals surface area contributed by atoms with Crippen LogP contribution in [0.25, 0.3) is 0 Å². The minimum Gasteiger partial charge on any atom is -0.396 e. The van der Waals surface area contributed by atoms with Crippen molar-refractivity contribution in [3.05, 3.63) is 0 Å². The number of hydrogen-bond acceptors (Lipinski definition) is 7. The van der Waals surface area contributed by atoms with E-state index in [4.69, 9.17) is 24.1 Å². The first-order chi connectivity index (χ1) is 17.0. The maximum atomic E-state index is 10.6. The molecular formula is C29H68O7S. The summed E-state index contributed by atoms with van der Waals surface area (Å²) in [5.41, 5.74) is 0. The Morgan fingerprint density at radius 1 is 0.568 bits per heavy atom. The lowest BCUT2D eigenvalue weighted by atomic mass is 10.3. The molecule has 0 aliphatic heterocycles. The molecule has 7 nitrogen and oxygen atoms in total. The predicted octanol–water partition coefficient (Wildman–Crippen LogP) is 6.95. The molecule has 0 bridgehead atoms. The molecule has 232 valence electrons. The molecule has 37 heavy (non-hydrogen) atoms. The lowest BCUT2D eigenvalue weighted by Gasteiger charge is -2.05. The van der Waals surface area contributed by atoms with Crippen molar-refractivity contribution in [3.8, 4) is 0 Å². The van der Waals surface area contributed by atoms with Gasteiger partial charge < -0.3 is 24.1 Å². The number of hydrogen-bond donors (Lipinski definition) is 1. The van der Waals surface area contributed by atoms with E-state index in [0.29, 0.717) is 37.9 Å². The molecule has 0 aromatic heterocycles. The monoisotopic (exact) mass is 560 g/mol. The maximum absolute atomic E-state index is 10.6. The third kappa shape index (κ3) is 94.6. The van der Waals surface area contributed by atoms with Gasteiger partial charge in [0.1, 0.15) is 9.84 Å². The Labute approximate surface area is 233 Å². The predicted molar refractivity (Wildman–Crippen MR) is 161 cm³/mol. The van der Waals surface area contributed by atoms with E-state index in [-0.39, 0.29) is 18.5 Å². The molecule has 0 amide bonds. The molecule has 0 rings (SSSR count). The van der Waals surface area contributed by atoms with E-state index in [1.165, 1.54) is 6.26 Å². The van der Waals surface area contributed by atoms with Gasteiger partial charge in [-0.1, -0.05) is 34.6 Å². The summed E-state index contributed by atoms with van der Waals surface area (Å²) in [6, 6.07) is 0. The molecule has 0 aromatic rings. The van der Waals surface area contributed by atoms with E-state index >= 15 is 0 Å². The van der Waals surface area contributed by atoms with E-state index in [9.17, 15) is 8.42 Å². The van der Waals surface area contributed by atoms with Crippen molar-refractivity contribution in [3.63, 3.8) is 0 Å². The maximum Gasteiger partial charge on any atom is 0.147 e. The highest BCUT2D eigenvalue weighted by Crippen LogP contribution is 1.93. The van der Waals surface area contributed by atoms with Crippen LogP contribution in [0.4, 0.5) is 0 Å². The third-order valence-electron chi connectivity index (χ3n) is 3.17. The summed E-state index contributed by atoms with van der Waals surface area (Å²) in [5, 5.41) is 8.30. The molecule has 0 atom stereocenters. The number of aliphatic hydroxyl groups excluding tert-OH is 1. The van der Waals surface area contributed by atoms with Gasteiger partial charge in [0.25, 0.3) is 0 Å². The second kappa shape index (κ2) is 35.8. The van der Waals surface area contributed by atoms with Crippen LogP contribution in [0, 0.1) is 5.92 Å². The van der Waals surface area contributed by atoms with E-state index in [2.05, 4.69) is 62.3 Å². The molecule has 0 spiro atoms. The van der Waals surface area contributed by atoms with Crippen molar-refractivity contribution in [1.29, 1.82) is 0 Å². The van der Waals surface area contributed by atoms with Crippen LogP contribution in [0.3, 0.4) is 0 Å². The Morgan fingerprint density at radius 3 is 1.03 bits per heavy atom. The summed E-state index contributed by atoms with van der Waals surface area (Å²) in [4.78, 5) is 0. The quantitative estimate of drug-likeness (QED) is 0.217. The first-order valence-corrected chi connectivity index (χ1v) is 16.3. The van der Waals surface area contributed by atoms with Crippen LogP contribution in [0.15, 0.2) is 0 Å². The van der Waals surface area contributed by atoms with Gasteiger partial charge in [0.15, 0.2) is 0 Å². The van der Waals surface area contributed by atoms with Crippen molar-refractivity contribution in [2.24, 2.45) is 5.92 Å². The van der Waals surface area contributed by atoms with Gasteiger partial charge in [-0.25, -0.2) is 8.42 Å². The average molecular weight is 561 g/mol. The fourth-order valence-electron chi connectivity index (χ4n) is 1.73. The lowest BCUT2D eigenvalue weighted by molar-refractivity contribution is 0.0674. The van der Waals surface area contributed by atoms with Gasteiger partial charge >= 0.3 is 0 Å². The molecule has 1 N–H and O–H groups in total. The summed E-state index contributed by atoms with van der Waals surface area (Å²) >= 11 is 0. The Bertz CT molecular complexity index is 462. The van der Waals surface area contributed by atoms with Crippen molar-refractivity contribution < 1.29 is 32.5 Å². The average Bonchev–Trinajstić information content (AvgIpc) is 2.74. The molecule has 0 aliphatic carbocycles. The van der Waals surface area contributed by atoms with Crippen molar-refractivity contribution in [2.45, 2.75) is 140 Å². The van der Waals surface area contributed by atoms with Crippen LogP contribution < -0.4 is 0 Å². The van der Waals surface area contributed by atoms with E-state index in [1.807, 2.05) is 27.7 Å². The first kappa shape index (κ1) is 46.6. The highest BCUT2D eigenvalue weighted by Gasteiger charge is 2.01. The molecular weight excluding hydrogens is 492 g/mol. The van der Waals surface area contributed by atoms with Gasteiger partial charge in [-0.05, 0) is 87.0 Å². The SMILES string of the molecule is CC(C)C.CC(C)OCCCO.CC(C)OCCCS(C)(=O)=O.CCCOC(C)C.CCCOC(C)C.